The van der Waals surface area contributed by atoms with E-state index in [1.54, 1.807) is 13.2 Å². The lowest BCUT2D eigenvalue weighted by Crippen LogP contribution is -2.02. The van der Waals surface area contributed by atoms with Crippen molar-refractivity contribution in [1.29, 1.82) is 0 Å². The maximum atomic E-state index is 11.1. The second kappa shape index (κ2) is 4.47. The van der Waals surface area contributed by atoms with Gasteiger partial charge in [0.05, 0.1) is 7.11 Å². The van der Waals surface area contributed by atoms with Crippen LogP contribution in [-0.4, -0.2) is 12.9 Å². The fourth-order valence-electron chi connectivity index (χ4n) is 1.23. The number of ketones is 1. The van der Waals surface area contributed by atoms with Gasteiger partial charge in [-0.15, -0.1) is 11.6 Å². The van der Waals surface area contributed by atoms with Crippen LogP contribution in [0.5, 0.6) is 5.75 Å². The molecule has 0 aliphatic heterocycles. The highest BCUT2D eigenvalue weighted by Crippen LogP contribution is 2.27. The van der Waals surface area contributed by atoms with Crippen molar-refractivity contribution < 1.29 is 9.53 Å². The molecule has 3 heteroatoms. The van der Waals surface area contributed by atoms with Crippen LogP contribution in [0.1, 0.15) is 23.4 Å². The first kappa shape index (κ1) is 11.1. The molecule has 0 aliphatic carbocycles. The molecule has 14 heavy (non-hydrogen) atoms. The largest absolute Gasteiger partial charge is 0.496 e. The minimum Gasteiger partial charge on any atom is -0.496 e. The van der Waals surface area contributed by atoms with Crippen LogP contribution >= 0.6 is 11.6 Å². The van der Waals surface area contributed by atoms with Gasteiger partial charge in [0.1, 0.15) is 11.1 Å². The van der Waals surface area contributed by atoms with Gasteiger partial charge in [-0.05, 0) is 31.0 Å². The lowest BCUT2D eigenvalue weighted by Gasteiger charge is -2.09. The Kier molecular flexibility index (Phi) is 3.53. The number of hydrogen-bond donors (Lipinski definition) is 0. The van der Waals surface area contributed by atoms with Gasteiger partial charge in [0, 0.05) is 0 Å². The van der Waals surface area contributed by atoms with Crippen LogP contribution in [0.25, 0.3) is 0 Å². The Balaban J connectivity index is 3.06. The van der Waals surface area contributed by atoms with E-state index in [0.717, 1.165) is 16.9 Å². The highest BCUT2D eigenvalue weighted by atomic mass is 35.5. The number of hydrogen-bond acceptors (Lipinski definition) is 2. The minimum atomic E-state index is -0.579. The number of ether oxygens (including phenoxy) is 1. The van der Waals surface area contributed by atoms with E-state index < -0.39 is 5.38 Å². The Morgan fingerprint density at radius 3 is 2.64 bits per heavy atom. The molecular formula is C11H13ClO2. The molecule has 1 atom stereocenters. The van der Waals surface area contributed by atoms with Crippen LogP contribution in [0, 0.1) is 6.92 Å². The van der Waals surface area contributed by atoms with E-state index >= 15 is 0 Å². The number of carbonyl (C=O) groups is 1. The summed E-state index contributed by atoms with van der Waals surface area (Å²) in [5, 5.41) is -0.579. The molecule has 0 amide bonds. The zero-order valence-electron chi connectivity index (χ0n) is 8.50. The minimum absolute atomic E-state index is 0.0578. The highest BCUT2D eigenvalue weighted by molar-refractivity contribution is 6.30. The van der Waals surface area contributed by atoms with Gasteiger partial charge in [-0.25, -0.2) is 0 Å². The molecule has 0 fully saturated rings. The van der Waals surface area contributed by atoms with E-state index in [1.165, 1.54) is 6.92 Å². The van der Waals surface area contributed by atoms with Gasteiger partial charge >= 0.3 is 0 Å². The molecule has 0 aromatic heterocycles. The molecule has 0 saturated heterocycles. The van der Waals surface area contributed by atoms with E-state index in [2.05, 4.69) is 0 Å². The van der Waals surface area contributed by atoms with Crippen molar-refractivity contribution in [3.63, 3.8) is 0 Å². The third kappa shape index (κ3) is 2.26. The Morgan fingerprint density at radius 1 is 1.50 bits per heavy atom. The number of methoxy groups -OCH3 is 1. The SMILES string of the molecule is COc1cc(C(Cl)C(C)=O)ccc1C. The molecule has 1 rings (SSSR count). The van der Waals surface area contributed by atoms with Crippen LogP contribution in [0.15, 0.2) is 18.2 Å². The highest BCUT2D eigenvalue weighted by Gasteiger charge is 2.14. The maximum Gasteiger partial charge on any atom is 0.152 e. The maximum absolute atomic E-state index is 11.1. The summed E-state index contributed by atoms with van der Waals surface area (Å²) in [6, 6.07) is 5.54. The summed E-state index contributed by atoms with van der Waals surface area (Å²) in [6.45, 7) is 3.42. The Bertz CT molecular complexity index is 347. The predicted molar refractivity (Wildman–Crippen MR) is 57.0 cm³/mol. The van der Waals surface area contributed by atoms with Gasteiger partial charge in [0.25, 0.3) is 0 Å². The molecule has 0 spiro atoms. The average Bonchev–Trinajstić information content (AvgIpc) is 2.17. The summed E-state index contributed by atoms with van der Waals surface area (Å²) in [5.41, 5.74) is 1.81. The third-order valence-electron chi connectivity index (χ3n) is 2.08. The second-order valence-electron chi connectivity index (χ2n) is 3.20. The zero-order chi connectivity index (χ0) is 10.7. The van der Waals surface area contributed by atoms with Crippen molar-refractivity contribution in [2.24, 2.45) is 0 Å². The molecule has 1 aromatic carbocycles. The molecule has 1 unspecified atom stereocenters. The van der Waals surface area contributed by atoms with E-state index in [0.29, 0.717) is 0 Å². The summed E-state index contributed by atoms with van der Waals surface area (Å²) in [5.74, 6) is 0.701. The van der Waals surface area contributed by atoms with Crippen molar-refractivity contribution in [3.8, 4) is 5.75 Å². The van der Waals surface area contributed by atoms with E-state index in [9.17, 15) is 4.79 Å². The normalized spacial score (nSPS) is 12.3. The fourth-order valence-corrected chi connectivity index (χ4v) is 1.36. The Labute approximate surface area is 88.8 Å². The number of Topliss-reactive ketones (excluding diaryl/α,β-unsaturated/α-hetero) is 1. The lowest BCUT2D eigenvalue weighted by atomic mass is 10.1. The van der Waals surface area contributed by atoms with Gasteiger partial charge in [-0.3, -0.25) is 4.79 Å². The molecule has 0 heterocycles. The summed E-state index contributed by atoms with van der Waals surface area (Å²) < 4.78 is 5.15. The first-order chi connectivity index (χ1) is 6.56. The van der Waals surface area contributed by atoms with Crippen molar-refractivity contribution in [2.45, 2.75) is 19.2 Å². The van der Waals surface area contributed by atoms with E-state index in [1.807, 2.05) is 19.1 Å². The summed E-state index contributed by atoms with van der Waals surface area (Å²) in [7, 11) is 1.60. The predicted octanol–water partition coefficient (Wildman–Crippen LogP) is 2.87. The quantitative estimate of drug-likeness (QED) is 0.721. The van der Waals surface area contributed by atoms with Crippen LogP contribution in [0.4, 0.5) is 0 Å². The summed E-state index contributed by atoms with van der Waals surface area (Å²) in [4.78, 5) is 11.1. The Morgan fingerprint density at radius 2 is 2.14 bits per heavy atom. The standard InChI is InChI=1S/C11H13ClO2/c1-7-4-5-9(6-10(7)14-3)11(12)8(2)13/h4-6,11H,1-3H3. The van der Waals surface area contributed by atoms with Gasteiger partial charge < -0.3 is 4.74 Å². The monoisotopic (exact) mass is 212 g/mol. The first-order valence-electron chi connectivity index (χ1n) is 4.35. The molecule has 76 valence electrons. The first-order valence-corrected chi connectivity index (χ1v) is 4.79. The van der Waals surface area contributed by atoms with Crippen molar-refractivity contribution in [2.75, 3.05) is 7.11 Å². The summed E-state index contributed by atoms with van der Waals surface area (Å²) in [6.07, 6.45) is 0. The van der Waals surface area contributed by atoms with Crippen LogP contribution in [0.2, 0.25) is 0 Å². The van der Waals surface area contributed by atoms with Gasteiger partial charge in [-0.2, -0.15) is 0 Å². The average molecular weight is 213 g/mol. The number of carbonyl (C=O) groups excluding carboxylic acids is 1. The van der Waals surface area contributed by atoms with Crippen molar-refractivity contribution >= 4 is 17.4 Å². The van der Waals surface area contributed by atoms with Crippen molar-refractivity contribution in [3.05, 3.63) is 29.3 Å². The third-order valence-corrected chi connectivity index (χ3v) is 2.64. The second-order valence-corrected chi connectivity index (χ2v) is 3.64. The number of alkyl halides is 1. The summed E-state index contributed by atoms with van der Waals surface area (Å²) >= 11 is 5.92. The molecule has 0 aliphatic rings. The van der Waals surface area contributed by atoms with Crippen LogP contribution in [0.3, 0.4) is 0 Å². The lowest BCUT2D eigenvalue weighted by molar-refractivity contribution is -0.116. The van der Waals surface area contributed by atoms with Crippen molar-refractivity contribution in [1.82, 2.24) is 0 Å². The van der Waals surface area contributed by atoms with E-state index in [-0.39, 0.29) is 5.78 Å². The van der Waals surface area contributed by atoms with Gasteiger partial charge in [-0.1, -0.05) is 12.1 Å². The zero-order valence-corrected chi connectivity index (χ0v) is 9.26. The molecule has 2 nitrogen and oxygen atoms in total. The smallest absolute Gasteiger partial charge is 0.152 e. The topological polar surface area (TPSA) is 26.3 Å². The molecular weight excluding hydrogens is 200 g/mol. The van der Waals surface area contributed by atoms with E-state index in [4.69, 9.17) is 16.3 Å². The van der Waals surface area contributed by atoms with Crippen LogP contribution < -0.4 is 4.74 Å². The molecule has 1 aromatic rings. The number of benzene rings is 1. The number of aryl methyl sites for hydroxylation is 1. The molecule has 0 bridgehead atoms. The number of rotatable bonds is 3. The molecule has 0 saturated carbocycles. The fraction of sp³-hybridized carbons (Fsp3) is 0.364. The van der Waals surface area contributed by atoms with Crippen LogP contribution in [-0.2, 0) is 4.79 Å². The van der Waals surface area contributed by atoms with Gasteiger partial charge in [0.15, 0.2) is 5.78 Å². The molecule has 0 radical (unpaired) electrons. The van der Waals surface area contributed by atoms with Gasteiger partial charge in [0.2, 0.25) is 0 Å². The number of halogens is 1. The Hall–Kier alpha value is -1.02. The molecule has 0 N–H and O–H groups in total.